The summed E-state index contributed by atoms with van der Waals surface area (Å²) in [7, 11) is -5.10. The second-order valence-corrected chi connectivity index (χ2v) is 21.6. The van der Waals surface area contributed by atoms with Gasteiger partial charge in [-0.25, -0.2) is 0 Å². The molecule has 0 amide bonds. The van der Waals surface area contributed by atoms with Crippen molar-refractivity contribution in [3.8, 4) is 12.0 Å². The highest BCUT2D eigenvalue weighted by atomic mass is 28.4. The molecular weight excluding hydrogens is 316 g/mol. The SMILES string of the molecule is C[Si](C)(C)Nc1nc(O[Si](C)(C)C)nc(O[Si](C)(C)C)n1. The molecule has 0 radical (unpaired) electrons. The number of nitrogens with zero attached hydrogens (tertiary/aromatic N) is 3. The minimum Gasteiger partial charge on any atom is -0.518 e. The van der Waals surface area contributed by atoms with Gasteiger partial charge in [-0.05, 0) is 39.3 Å². The molecule has 21 heavy (non-hydrogen) atoms. The second kappa shape index (κ2) is 6.05. The van der Waals surface area contributed by atoms with Crippen LogP contribution in [0, 0.1) is 0 Å². The Morgan fingerprint density at radius 3 is 1.33 bits per heavy atom. The number of anilines is 1. The van der Waals surface area contributed by atoms with E-state index >= 15 is 0 Å². The van der Waals surface area contributed by atoms with Crippen LogP contribution >= 0.6 is 0 Å². The van der Waals surface area contributed by atoms with Crippen LogP contribution in [0.1, 0.15) is 0 Å². The molecule has 0 unspecified atom stereocenters. The summed E-state index contributed by atoms with van der Waals surface area (Å²) in [5.74, 6) is 0.547. The molecule has 1 N–H and O–H groups in total. The highest BCUT2D eigenvalue weighted by Gasteiger charge is 2.24. The third kappa shape index (κ3) is 8.17. The van der Waals surface area contributed by atoms with E-state index < -0.39 is 24.9 Å². The zero-order chi connectivity index (χ0) is 16.5. The first-order valence-corrected chi connectivity index (χ1v) is 17.5. The molecule has 1 rings (SSSR count). The lowest BCUT2D eigenvalue weighted by atomic mass is 10.9. The molecule has 0 saturated heterocycles. The van der Waals surface area contributed by atoms with Crippen molar-refractivity contribution in [3.63, 3.8) is 0 Å². The zero-order valence-electron chi connectivity index (χ0n) is 14.7. The summed E-state index contributed by atoms with van der Waals surface area (Å²) >= 11 is 0. The molecule has 1 heterocycles. The highest BCUT2D eigenvalue weighted by Crippen LogP contribution is 2.20. The Kier molecular flexibility index (Phi) is 5.22. The molecule has 0 saturated carbocycles. The Labute approximate surface area is 131 Å². The maximum Gasteiger partial charge on any atom is 0.310 e. The fraction of sp³-hybridized carbons (Fsp3) is 0.750. The summed E-state index contributed by atoms with van der Waals surface area (Å²) in [6.07, 6.45) is 0. The minimum absolute atomic E-state index is 0.359. The average molecular weight is 345 g/mol. The summed E-state index contributed by atoms with van der Waals surface area (Å²) in [6, 6.07) is 0.719. The van der Waals surface area contributed by atoms with Crippen LogP contribution in [0.5, 0.6) is 12.0 Å². The Balaban J connectivity index is 3.13. The van der Waals surface area contributed by atoms with Crippen LogP contribution in [-0.4, -0.2) is 39.8 Å². The first-order valence-electron chi connectivity index (χ1n) is 7.16. The zero-order valence-corrected chi connectivity index (χ0v) is 17.7. The van der Waals surface area contributed by atoms with E-state index in [4.69, 9.17) is 8.85 Å². The summed E-state index contributed by atoms with van der Waals surface area (Å²) in [6.45, 7) is 19.2. The first kappa shape index (κ1) is 18.1. The van der Waals surface area contributed by atoms with E-state index in [-0.39, 0.29) is 0 Å². The van der Waals surface area contributed by atoms with Crippen molar-refractivity contribution in [3.05, 3.63) is 0 Å². The van der Waals surface area contributed by atoms with E-state index in [0.29, 0.717) is 18.0 Å². The van der Waals surface area contributed by atoms with Gasteiger partial charge in [0.15, 0.2) is 0 Å². The lowest BCUT2D eigenvalue weighted by Gasteiger charge is -2.23. The molecule has 6 nitrogen and oxygen atoms in total. The van der Waals surface area contributed by atoms with Crippen LogP contribution in [0.25, 0.3) is 0 Å². The van der Waals surface area contributed by atoms with Gasteiger partial charge in [0.05, 0.1) is 0 Å². The molecule has 0 aliphatic heterocycles. The number of aromatic nitrogens is 3. The molecule has 0 aliphatic rings. The van der Waals surface area contributed by atoms with Gasteiger partial charge in [-0.1, -0.05) is 19.6 Å². The van der Waals surface area contributed by atoms with Crippen LogP contribution in [0.4, 0.5) is 5.95 Å². The lowest BCUT2D eigenvalue weighted by Crippen LogP contribution is -2.35. The molecule has 0 spiro atoms. The maximum absolute atomic E-state index is 5.90. The predicted molar refractivity (Wildman–Crippen MR) is 94.7 cm³/mol. The van der Waals surface area contributed by atoms with Gasteiger partial charge in [0.25, 0.3) is 0 Å². The van der Waals surface area contributed by atoms with Gasteiger partial charge in [0.2, 0.25) is 22.6 Å². The fourth-order valence-corrected chi connectivity index (χ4v) is 3.43. The smallest absolute Gasteiger partial charge is 0.310 e. The summed E-state index contributed by atoms with van der Waals surface area (Å²) in [5, 5.41) is 0. The fourth-order valence-electron chi connectivity index (χ4n) is 1.37. The number of hydrogen-bond donors (Lipinski definition) is 1. The standard InChI is InChI=1S/C12H28N4O2Si3/c1-19(2,3)16-10-13-11(17-20(4,5)6)15-12(14-10)18-21(7,8)9/h1-9H3,(H,13,14,15,16). The largest absolute Gasteiger partial charge is 0.518 e. The third-order valence-electron chi connectivity index (χ3n) is 1.88. The van der Waals surface area contributed by atoms with E-state index in [1.54, 1.807) is 0 Å². The van der Waals surface area contributed by atoms with Gasteiger partial charge in [-0.3, -0.25) is 0 Å². The van der Waals surface area contributed by atoms with E-state index in [1.165, 1.54) is 0 Å². The Morgan fingerprint density at radius 2 is 1.05 bits per heavy atom. The highest BCUT2D eigenvalue weighted by molar-refractivity contribution is 6.79. The van der Waals surface area contributed by atoms with Crippen LogP contribution in [0.15, 0.2) is 0 Å². The molecule has 0 aromatic carbocycles. The van der Waals surface area contributed by atoms with Crippen molar-refractivity contribution in [1.82, 2.24) is 15.0 Å². The van der Waals surface area contributed by atoms with Crippen molar-refractivity contribution >= 4 is 30.8 Å². The van der Waals surface area contributed by atoms with Crippen LogP contribution in [0.2, 0.25) is 58.9 Å². The number of rotatable bonds is 6. The van der Waals surface area contributed by atoms with Crippen LogP contribution in [0.3, 0.4) is 0 Å². The van der Waals surface area contributed by atoms with Gasteiger partial charge >= 0.3 is 12.0 Å². The monoisotopic (exact) mass is 344 g/mol. The molecule has 1 aromatic rings. The van der Waals surface area contributed by atoms with Crippen molar-refractivity contribution in [2.75, 3.05) is 4.98 Å². The summed E-state index contributed by atoms with van der Waals surface area (Å²) in [4.78, 5) is 16.5. The normalized spacial score (nSPS) is 13.0. The molecule has 120 valence electrons. The van der Waals surface area contributed by atoms with E-state index in [0.717, 1.165) is 0 Å². The van der Waals surface area contributed by atoms with Gasteiger partial charge in [0, 0.05) is 0 Å². The number of hydrogen-bond acceptors (Lipinski definition) is 6. The van der Waals surface area contributed by atoms with E-state index in [9.17, 15) is 0 Å². The lowest BCUT2D eigenvalue weighted by molar-refractivity contribution is 0.461. The summed E-state index contributed by atoms with van der Waals surface area (Å²) < 4.78 is 11.8. The molecule has 0 atom stereocenters. The molecule has 9 heteroatoms. The Bertz CT molecular complexity index is 409. The van der Waals surface area contributed by atoms with E-state index in [2.05, 4.69) is 78.9 Å². The molecule has 0 bridgehead atoms. The van der Waals surface area contributed by atoms with Crippen molar-refractivity contribution in [2.45, 2.75) is 58.9 Å². The predicted octanol–water partition coefficient (Wildman–Crippen LogP) is 3.55. The van der Waals surface area contributed by atoms with Gasteiger partial charge in [-0.2, -0.15) is 9.97 Å². The Morgan fingerprint density at radius 1 is 0.667 bits per heavy atom. The molecular formula is C12H28N4O2Si3. The third-order valence-corrected chi connectivity index (χ3v) is 4.44. The van der Waals surface area contributed by atoms with Crippen molar-refractivity contribution in [2.24, 2.45) is 0 Å². The van der Waals surface area contributed by atoms with Gasteiger partial charge in [0.1, 0.15) is 8.24 Å². The van der Waals surface area contributed by atoms with E-state index in [1.807, 2.05) is 0 Å². The van der Waals surface area contributed by atoms with Gasteiger partial charge in [-0.15, -0.1) is 4.98 Å². The summed E-state index contributed by atoms with van der Waals surface area (Å²) in [5.41, 5.74) is 0. The topological polar surface area (TPSA) is 69.2 Å². The van der Waals surface area contributed by atoms with Crippen LogP contribution < -0.4 is 13.8 Å². The van der Waals surface area contributed by atoms with Crippen molar-refractivity contribution in [1.29, 1.82) is 0 Å². The minimum atomic E-state index is -1.77. The quantitative estimate of drug-likeness (QED) is 0.796. The first-order chi connectivity index (χ1) is 9.23. The number of nitrogens with one attached hydrogen (secondary N) is 1. The molecule has 0 aliphatic carbocycles. The maximum atomic E-state index is 5.90. The van der Waals surface area contributed by atoms with Crippen LogP contribution in [-0.2, 0) is 0 Å². The Hall–Kier alpha value is -0.939. The second-order valence-electron chi connectivity index (χ2n) is 8.03. The van der Waals surface area contributed by atoms with Gasteiger partial charge < -0.3 is 13.8 Å². The van der Waals surface area contributed by atoms with Crippen molar-refractivity contribution < 1.29 is 8.85 Å². The molecule has 1 aromatic heterocycles. The average Bonchev–Trinajstić information content (AvgIpc) is 2.06. The molecule has 0 fully saturated rings.